The summed E-state index contributed by atoms with van der Waals surface area (Å²) in [5.74, 6) is 0.238. The van der Waals surface area contributed by atoms with Gasteiger partial charge >= 0.3 is 0 Å². The average molecular weight is 398 g/mol. The lowest BCUT2D eigenvalue weighted by Crippen LogP contribution is -2.30. The highest BCUT2D eigenvalue weighted by Gasteiger charge is 2.12. The second-order valence-corrected chi connectivity index (χ2v) is 6.50. The van der Waals surface area contributed by atoms with Crippen molar-refractivity contribution in [1.29, 1.82) is 0 Å². The third-order valence-electron chi connectivity index (χ3n) is 4.02. The van der Waals surface area contributed by atoms with E-state index >= 15 is 0 Å². The van der Waals surface area contributed by atoms with Crippen molar-refractivity contribution in [2.45, 2.75) is 13.1 Å². The smallest absolute Gasteiger partial charge is 0.253 e. The van der Waals surface area contributed by atoms with Gasteiger partial charge in [-0.15, -0.1) is 0 Å². The van der Waals surface area contributed by atoms with Crippen LogP contribution in [0.5, 0.6) is 0 Å². The number of anilines is 1. The summed E-state index contributed by atoms with van der Waals surface area (Å²) < 4.78 is 5.21. The maximum atomic E-state index is 12.4. The minimum absolute atomic E-state index is 0.0517. The molecule has 0 bridgehead atoms. The zero-order valence-corrected chi connectivity index (χ0v) is 15.8. The Morgan fingerprint density at radius 3 is 2.43 bits per heavy atom. The average Bonchev–Trinajstić information content (AvgIpc) is 3.24. The zero-order valence-electron chi connectivity index (χ0n) is 15.1. The fourth-order valence-corrected chi connectivity index (χ4v) is 2.68. The molecule has 3 rings (SSSR count). The lowest BCUT2D eigenvalue weighted by molar-refractivity contribution is -0.119. The summed E-state index contributed by atoms with van der Waals surface area (Å²) >= 11 is 5.85. The molecule has 3 aromatic rings. The number of hydrogen-bond donors (Lipinski definition) is 3. The number of nitrogens with one attached hydrogen (secondary N) is 3. The maximum absolute atomic E-state index is 12.4. The number of hydrogen-bond acceptors (Lipinski definition) is 4. The number of amides is 2. The lowest BCUT2D eigenvalue weighted by atomic mass is 10.1. The summed E-state index contributed by atoms with van der Waals surface area (Å²) in [4.78, 5) is 24.5. The monoisotopic (exact) mass is 397 g/mol. The van der Waals surface area contributed by atoms with Gasteiger partial charge in [0.2, 0.25) is 5.91 Å². The van der Waals surface area contributed by atoms with Crippen molar-refractivity contribution < 1.29 is 14.0 Å². The van der Waals surface area contributed by atoms with Crippen LogP contribution in [0.4, 0.5) is 5.69 Å². The number of carbonyl (C=O) groups is 2. The van der Waals surface area contributed by atoms with Crippen LogP contribution in [0, 0.1) is 0 Å². The molecule has 6 nitrogen and oxygen atoms in total. The Bertz CT molecular complexity index is 924. The van der Waals surface area contributed by atoms with Gasteiger partial charge in [0.05, 0.1) is 24.9 Å². The fraction of sp³-hybridized carbons (Fsp3) is 0.143. The summed E-state index contributed by atoms with van der Waals surface area (Å²) in [6.07, 6.45) is 1.56. The first-order valence-corrected chi connectivity index (χ1v) is 9.14. The first-order valence-electron chi connectivity index (χ1n) is 8.76. The summed E-state index contributed by atoms with van der Waals surface area (Å²) in [6.45, 7) is 0.751. The molecule has 0 aliphatic carbocycles. The number of furan rings is 1. The molecule has 0 aliphatic heterocycles. The predicted molar refractivity (Wildman–Crippen MR) is 108 cm³/mol. The lowest BCUT2D eigenvalue weighted by Gasteiger charge is -2.12. The summed E-state index contributed by atoms with van der Waals surface area (Å²) in [5.41, 5.74) is 2.00. The number of benzene rings is 2. The Morgan fingerprint density at radius 2 is 1.68 bits per heavy atom. The van der Waals surface area contributed by atoms with Crippen molar-refractivity contribution in [3.05, 3.63) is 88.8 Å². The molecule has 0 aliphatic rings. The van der Waals surface area contributed by atoms with Crippen LogP contribution >= 0.6 is 11.6 Å². The molecular weight excluding hydrogens is 378 g/mol. The first-order chi connectivity index (χ1) is 13.6. The van der Waals surface area contributed by atoms with Crippen molar-refractivity contribution in [2.75, 3.05) is 11.9 Å². The normalized spacial score (nSPS) is 10.3. The van der Waals surface area contributed by atoms with E-state index in [1.54, 1.807) is 54.8 Å². The quantitative estimate of drug-likeness (QED) is 0.542. The number of rotatable bonds is 8. The molecule has 0 saturated carbocycles. The number of para-hydroxylation sites is 1. The van der Waals surface area contributed by atoms with Gasteiger partial charge in [-0.1, -0.05) is 35.9 Å². The van der Waals surface area contributed by atoms with Crippen LogP contribution in [-0.2, 0) is 17.9 Å². The Hall–Kier alpha value is -3.25. The van der Waals surface area contributed by atoms with Crippen molar-refractivity contribution in [3.8, 4) is 0 Å². The molecule has 1 aromatic heterocycles. The molecule has 1 heterocycles. The highest BCUT2D eigenvalue weighted by Crippen LogP contribution is 2.15. The zero-order chi connectivity index (χ0) is 19.8. The van der Waals surface area contributed by atoms with Gasteiger partial charge in [-0.3, -0.25) is 9.59 Å². The number of carbonyl (C=O) groups excluding carboxylic acids is 2. The third kappa shape index (κ3) is 5.62. The first kappa shape index (κ1) is 19.5. The molecule has 2 amide bonds. The number of halogens is 1. The fourth-order valence-electron chi connectivity index (χ4n) is 2.55. The highest BCUT2D eigenvalue weighted by atomic mass is 35.5. The van der Waals surface area contributed by atoms with Crippen LogP contribution in [0.3, 0.4) is 0 Å². The van der Waals surface area contributed by atoms with Crippen molar-refractivity contribution in [2.24, 2.45) is 0 Å². The molecule has 144 valence electrons. The van der Waals surface area contributed by atoms with Crippen LogP contribution < -0.4 is 16.0 Å². The standard InChI is InChI=1S/C21H20ClN3O3/c22-16-9-7-15(8-10-16)12-24-20(26)14-23-19-6-2-1-5-18(19)21(27)25-13-17-4-3-11-28-17/h1-11,23H,12-14H2,(H,24,26)(H,25,27). The van der Waals surface area contributed by atoms with Gasteiger partial charge in [0.15, 0.2) is 0 Å². The predicted octanol–water partition coefficient (Wildman–Crippen LogP) is 3.59. The van der Waals surface area contributed by atoms with E-state index in [-0.39, 0.29) is 18.4 Å². The third-order valence-corrected chi connectivity index (χ3v) is 4.27. The minimum atomic E-state index is -0.249. The highest BCUT2D eigenvalue weighted by molar-refractivity contribution is 6.30. The van der Waals surface area contributed by atoms with E-state index in [1.807, 2.05) is 12.1 Å². The summed E-state index contributed by atoms with van der Waals surface area (Å²) in [7, 11) is 0. The molecule has 0 saturated heterocycles. The van der Waals surface area contributed by atoms with Crippen LogP contribution in [0.1, 0.15) is 21.7 Å². The molecule has 0 spiro atoms. The van der Waals surface area contributed by atoms with Crippen molar-refractivity contribution in [1.82, 2.24) is 10.6 Å². The Morgan fingerprint density at radius 1 is 0.893 bits per heavy atom. The Balaban J connectivity index is 1.51. The SMILES string of the molecule is O=C(CNc1ccccc1C(=O)NCc1ccco1)NCc1ccc(Cl)cc1. The van der Waals surface area contributed by atoms with Crippen molar-refractivity contribution in [3.63, 3.8) is 0 Å². The van der Waals surface area contributed by atoms with E-state index in [1.165, 1.54) is 0 Å². The molecular formula is C21H20ClN3O3. The van der Waals surface area contributed by atoms with E-state index in [4.69, 9.17) is 16.0 Å². The van der Waals surface area contributed by atoms with Crippen LogP contribution in [-0.4, -0.2) is 18.4 Å². The molecule has 28 heavy (non-hydrogen) atoms. The van der Waals surface area contributed by atoms with Crippen LogP contribution in [0.15, 0.2) is 71.3 Å². The molecule has 0 fully saturated rings. The molecule has 0 atom stereocenters. The van der Waals surface area contributed by atoms with Gasteiger partial charge in [-0.05, 0) is 42.0 Å². The van der Waals surface area contributed by atoms with Crippen LogP contribution in [0.2, 0.25) is 5.02 Å². The summed E-state index contributed by atoms with van der Waals surface area (Å²) in [6, 6.07) is 17.8. The van der Waals surface area contributed by atoms with Gasteiger partial charge < -0.3 is 20.4 Å². The largest absolute Gasteiger partial charge is 0.467 e. The van der Waals surface area contributed by atoms with E-state index in [0.29, 0.717) is 35.1 Å². The molecule has 3 N–H and O–H groups in total. The van der Waals surface area contributed by atoms with Gasteiger partial charge in [0.1, 0.15) is 5.76 Å². The Kier molecular flexibility index (Phi) is 6.70. The Labute approximate surface area is 167 Å². The second-order valence-electron chi connectivity index (χ2n) is 6.06. The van der Waals surface area contributed by atoms with Crippen molar-refractivity contribution >= 4 is 29.1 Å². The van der Waals surface area contributed by atoms with Gasteiger partial charge in [0.25, 0.3) is 5.91 Å². The molecule has 0 radical (unpaired) electrons. The second kappa shape index (κ2) is 9.62. The van der Waals surface area contributed by atoms with E-state index in [0.717, 1.165) is 5.56 Å². The summed E-state index contributed by atoms with van der Waals surface area (Å²) in [5, 5.41) is 9.29. The topological polar surface area (TPSA) is 83.4 Å². The minimum Gasteiger partial charge on any atom is -0.467 e. The van der Waals surface area contributed by atoms with Gasteiger partial charge in [-0.2, -0.15) is 0 Å². The molecule has 0 unspecified atom stereocenters. The van der Waals surface area contributed by atoms with E-state index in [2.05, 4.69) is 16.0 Å². The van der Waals surface area contributed by atoms with E-state index < -0.39 is 0 Å². The van der Waals surface area contributed by atoms with Gasteiger partial charge in [0, 0.05) is 17.3 Å². The molecule has 2 aromatic carbocycles. The van der Waals surface area contributed by atoms with Gasteiger partial charge in [-0.25, -0.2) is 0 Å². The van der Waals surface area contributed by atoms with E-state index in [9.17, 15) is 9.59 Å². The van der Waals surface area contributed by atoms with Crippen LogP contribution in [0.25, 0.3) is 0 Å². The molecule has 7 heteroatoms. The maximum Gasteiger partial charge on any atom is 0.253 e.